The van der Waals surface area contributed by atoms with E-state index in [1.54, 1.807) is 0 Å². The van der Waals surface area contributed by atoms with Gasteiger partial charge in [-0.2, -0.15) is 0 Å². The van der Waals surface area contributed by atoms with Gasteiger partial charge >= 0.3 is 5.97 Å². The van der Waals surface area contributed by atoms with Crippen LogP contribution in [0, 0.1) is 6.92 Å². The van der Waals surface area contributed by atoms with Crippen LogP contribution in [0.5, 0.6) is 0 Å². The quantitative estimate of drug-likeness (QED) is 0.824. The normalized spacial score (nSPS) is 12.1. The van der Waals surface area contributed by atoms with Crippen LogP contribution in [0.2, 0.25) is 0 Å². The molecule has 0 aliphatic heterocycles. The Morgan fingerprint density at radius 1 is 1.11 bits per heavy atom. The molecule has 1 atom stereocenters. The first kappa shape index (κ1) is 14.2. The molecule has 2 rings (SSSR count). The number of carboxylic acid groups (broad SMARTS) is 1. The molecule has 19 heavy (non-hydrogen) atoms. The van der Waals surface area contributed by atoms with Gasteiger partial charge in [0.25, 0.3) is 0 Å². The maximum atomic E-state index is 11.4. The number of aliphatic carboxylic acids is 1. The lowest BCUT2D eigenvalue weighted by molar-refractivity contribution is -0.136. The molecule has 2 aromatic carbocycles. The van der Waals surface area contributed by atoms with Gasteiger partial charge in [0.15, 0.2) is 0 Å². The van der Waals surface area contributed by atoms with Crippen LogP contribution in [0.25, 0.3) is 0 Å². The molecule has 2 aromatic rings. The average molecular weight is 337 g/mol. The molecular weight excluding hydrogens is 324 g/mol. The third kappa shape index (κ3) is 3.85. The largest absolute Gasteiger partial charge is 0.480 e. The van der Waals surface area contributed by atoms with E-state index in [4.69, 9.17) is 0 Å². The second-order valence-corrected chi connectivity index (χ2v) is 6.29. The van der Waals surface area contributed by atoms with Crippen LogP contribution >= 0.6 is 27.7 Å². The smallest absolute Gasteiger partial charge is 0.321 e. The van der Waals surface area contributed by atoms with Crippen LogP contribution in [0.15, 0.2) is 57.9 Å². The average Bonchev–Trinajstić information content (AvgIpc) is 2.39. The summed E-state index contributed by atoms with van der Waals surface area (Å²) in [6, 6.07) is 15.3. The molecule has 1 N–H and O–H groups in total. The van der Waals surface area contributed by atoms with Crippen molar-refractivity contribution in [3.8, 4) is 0 Å². The molecule has 0 spiro atoms. The van der Waals surface area contributed by atoms with E-state index in [2.05, 4.69) is 15.9 Å². The zero-order valence-corrected chi connectivity index (χ0v) is 12.7. The van der Waals surface area contributed by atoms with Crippen molar-refractivity contribution in [3.05, 3.63) is 64.1 Å². The highest BCUT2D eigenvalue weighted by Crippen LogP contribution is 2.35. The van der Waals surface area contributed by atoms with Gasteiger partial charge in [-0.25, -0.2) is 0 Å². The first-order valence-corrected chi connectivity index (χ1v) is 7.45. The van der Waals surface area contributed by atoms with Gasteiger partial charge in [0.2, 0.25) is 0 Å². The Balaban J connectivity index is 2.23. The highest BCUT2D eigenvalue weighted by Gasteiger charge is 2.21. The van der Waals surface area contributed by atoms with Crippen molar-refractivity contribution in [2.75, 3.05) is 0 Å². The summed E-state index contributed by atoms with van der Waals surface area (Å²) in [5.74, 6) is -0.826. The first-order chi connectivity index (χ1) is 9.06. The predicted molar refractivity (Wildman–Crippen MR) is 81.6 cm³/mol. The third-order valence-electron chi connectivity index (χ3n) is 2.67. The summed E-state index contributed by atoms with van der Waals surface area (Å²) >= 11 is 4.70. The van der Waals surface area contributed by atoms with E-state index in [0.717, 1.165) is 14.9 Å². The summed E-state index contributed by atoms with van der Waals surface area (Å²) in [6.07, 6.45) is 0. The van der Waals surface area contributed by atoms with Gasteiger partial charge in [0.05, 0.1) is 0 Å². The summed E-state index contributed by atoms with van der Waals surface area (Å²) in [6.45, 7) is 2.01. The van der Waals surface area contributed by atoms with Gasteiger partial charge in [-0.15, -0.1) is 11.8 Å². The molecule has 1 unspecified atom stereocenters. The van der Waals surface area contributed by atoms with Gasteiger partial charge in [0.1, 0.15) is 5.25 Å². The molecule has 4 heteroatoms. The number of carbonyl (C=O) groups is 1. The minimum Gasteiger partial charge on any atom is -0.480 e. The number of aryl methyl sites for hydroxylation is 1. The second-order valence-electron chi connectivity index (χ2n) is 4.20. The standard InChI is InChI=1S/C15H13BrO2S/c1-10-2-8-13(9-3-10)19-14(15(17)18)11-4-6-12(16)7-5-11/h2-9,14H,1H3,(H,17,18). The van der Waals surface area contributed by atoms with Crippen molar-refractivity contribution in [3.63, 3.8) is 0 Å². The summed E-state index contributed by atoms with van der Waals surface area (Å²) in [4.78, 5) is 12.4. The van der Waals surface area contributed by atoms with Crippen molar-refractivity contribution < 1.29 is 9.90 Å². The van der Waals surface area contributed by atoms with Gasteiger partial charge < -0.3 is 5.11 Å². The maximum absolute atomic E-state index is 11.4. The number of benzene rings is 2. The fraction of sp³-hybridized carbons (Fsp3) is 0.133. The molecule has 0 bridgehead atoms. The molecule has 98 valence electrons. The van der Waals surface area contributed by atoms with E-state index in [9.17, 15) is 9.90 Å². The van der Waals surface area contributed by atoms with Gasteiger partial charge in [0, 0.05) is 9.37 Å². The minimum absolute atomic E-state index is 0.587. The van der Waals surface area contributed by atoms with Gasteiger partial charge in [-0.1, -0.05) is 45.8 Å². The van der Waals surface area contributed by atoms with Crippen LogP contribution in [-0.2, 0) is 4.79 Å². The molecule has 0 fully saturated rings. The molecule has 0 saturated heterocycles. The highest BCUT2D eigenvalue weighted by molar-refractivity contribution is 9.10. The van der Waals surface area contributed by atoms with Crippen molar-refractivity contribution >= 4 is 33.7 Å². The van der Waals surface area contributed by atoms with E-state index in [0.29, 0.717) is 0 Å². The maximum Gasteiger partial charge on any atom is 0.321 e. The Bertz CT molecular complexity index is 564. The Morgan fingerprint density at radius 3 is 2.21 bits per heavy atom. The molecule has 0 aromatic heterocycles. The molecule has 0 aliphatic carbocycles. The van der Waals surface area contributed by atoms with Crippen molar-refractivity contribution in [1.29, 1.82) is 0 Å². The van der Waals surface area contributed by atoms with Crippen LogP contribution in [-0.4, -0.2) is 11.1 Å². The van der Waals surface area contributed by atoms with Crippen LogP contribution < -0.4 is 0 Å². The molecular formula is C15H13BrO2S. The van der Waals surface area contributed by atoms with E-state index in [1.807, 2.05) is 55.5 Å². The number of hydrogen-bond acceptors (Lipinski definition) is 2. The Morgan fingerprint density at radius 2 is 1.68 bits per heavy atom. The number of halogens is 1. The molecule has 0 heterocycles. The topological polar surface area (TPSA) is 37.3 Å². The zero-order chi connectivity index (χ0) is 13.8. The fourth-order valence-electron chi connectivity index (χ4n) is 1.65. The molecule has 0 amide bonds. The Kier molecular flexibility index (Phi) is 4.66. The van der Waals surface area contributed by atoms with E-state index < -0.39 is 11.2 Å². The molecule has 0 aliphatic rings. The SMILES string of the molecule is Cc1ccc(SC(C(=O)O)c2ccc(Br)cc2)cc1. The van der Waals surface area contributed by atoms with Crippen molar-refractivity contribution in [2.24, 2.45) is 0 Å². The van der Waals surface area contributed by atoms with E-state index in [-0.39, 0.29) is 0 Å². The summed E-state index contributed by atoms with van der Waals surface area (Å²) in [7, 11) is 0. The third-order valence-corrected chi connectivity index (χ3v) is 4.45. The Labute approximate surface area is 125 Å². The van der Waals surface area contributed by atoms with E-state index in [1.165, 1.54) is 17.3 Å². The molecule has 2 nitrogen and oxygen atoms in total. The predicted octanol–water partition coefficient (Wildman–Crippen LogP) is 4.68. The lowest BCUT2D eigenvalue weighted by Gasteiger charge is -2.12. The number of carboxylic acids is 1. The first-order valence-electron chi connectivity index (χ1n) is 5.78. The van der Waals surface area contributed by atoms with Crippen LogP contribution in [0.4, 0.5) is 0 Å². The van der Waals surface area contributed by atoms with Gasteiger partial charge in [-0.05, 0) is 36.8 Å². The number of rotatable bonds is 4. The number of thioether (sulfide) groups is 1. The summed E-state index contributed by atoms with van der Waals surface area (Å²) in [5.41, 5.74) is 1.96. The minimum atomic E-state index is -0.826. The van der Waals surface area contributed by atoms with Crippen LogP contribution in [0.3, 0.4) is 0 Å². The highest BCUT2D eigenvalue weighted by atomic mass is 79.9. The second kappa shape index (κ2) is 6.26. The fourth-order valence-corrected chi connectivity index (χ4v) is 2.88. The lowest BCUT2D eigenvalue weighted by Crippen LogP contribution is -2.07. The molecule has 0 radical (unpaired) electrons. The summed E-state index contributed by atoms with van der Waals surface area (Å²) < 4.78 is 0.945. The number of hydrogen-bond donors (Lipinski definition) is 1. The van der Waals surface area contributed by atoms with Gasteiger partial charge in [-0.3, -0.25) is 4.79 Å². The molecule has 0 saturated carbocycles. The van der Waals surface area contributed by atoms with E-state index >= 15 is 0 Å². The van der Waals surface area contributed by atoms with Crippen molar-refractivity contribution in [2.45, 2.75) is 17.1 Å². The lowest BCUT2D eigenvalue weighted by atomic mass is 10.1. The summed E-state index contributed by atoms with van der Waals surface area (Å²) in [5, 5.41) is 8.79. The van der Waals surface area contributed by atoms with Crippen molar-refractivity contribution in [1.82, 2.24) is 0 Å². The van der Waals surface area contributed by atoms with Crippen LogP contribution in [0.1, 0.15) is 16.4 Å². The zero-order valence-electron chi connectivity index (χ0n) is 10.3. The Hall–Kier alpha value is -1.26. The monoisotopic (exact) mass is 336 g/mol.